The Morgan fingerprint density at radius 2 is 1.74 bits per heavy atom. The number of likely N-dealkylation sites (N-methyl/N-ethyl adjacent to an activating group) is 1. The second kappa shape index (κ2) is 16.2. The Morgan fingerprint density at radius 3 is 2.36 bits per heavy atom. The van der Waals surface area contributed by atoms with E-state index in [2.05, 4.69) is 10.3 Å². The first-order valence-corrected chi connectivity index (χ1v) is 14.0. The zero-order valence-corrected chi connectivity index (χ0v) is 24.2. The standard InChI is InChI=1S/C31H38N4O7/c1-4-28-34-25(22-9-7-6-8-10-22)20-29(37)35(28)17-18-41-23-13-11-21(12-14-23)19-26(40-5-2)31(39)42-30(38)24(33-3)15-16-27(32)36/h6-14,20,24,26,33H,4-5,15-19H2,1-3H3,(H2,32,36)/t24-,26?/m0/s1. The van der Waals surface area contributed by atoms with Crippen LogP contribution in [0.15, 0.2) is 65.5 Å². The quantitative estimate of drug-likeness (QED) is 0.193. The second-order valence-electron chi connectivity index (χ2n) is 9.49. The summed E-state index contributed by atoms with van der Waals surface area (Å²) in [7, 11) is 1.53. The van der Waals surface area contributed by atoms with Crippen LogP contribution in [-0.4, -0.2) is 59.8 Å². The molecule has 3 aromatic rings. The fraction of sp³-hybridized carbons (Fsp3) is 0.387. The molecule has 0 spiro atoms. The van der Waals surface area contributed by atoms with Gasteiger partial charge < -0.3 is 25.3 Å². The minimum absolute atomic E-state index is 0.0218. The van der Waals surface area contributed by atoms with E-state index in [1.165, 1.54) is 13.1 Å². The molecule has 0 aliphatic rings. The lowest BCUT2D eigenvalue weighted by atomic mass is 10.1. The van der Waals surface area contributed by atoms with Gasteiger partial charge in [-0.2, -0.15) is 0 Å². The van der Waals surface area contributed by atoms with Crippen molar-refractivity contribution in [3.05, 3.63) is 82.4 Å². The van der Waals surface area contributed by atoms with Gasteiger partial charge in [-0.15, -0.1) is 0 Å². The number of aryl methyl sites for hydroxylation is 1. The predicted octanol–water partition coefficient (Wildman–Crippen LogP) is 2.42. The molecular weight excluding hydrogens is 540 g/mol. The monoisotopic (exact) mass is 578 g/mol. The molecule has 11 nitrogen and oxygen atoms in total. The third-order valence-corrected chi connectivity index (χ3v) is 6.55. The van der Waals surface area contributed by atoms with Crippen molar-refractivity contribution in [1.82, 2.24) is 14.9 Å². The largest absolute Gasteiger partial charge is 0.492 e. The minimum Gasteiger partial charge on any atom is -0.492 e. The zero-order valence-electron chi connectivity index (χ0n) is 24.2. The van der Waals surface area contributed by atoms with Crippen molar-refractivity contribution in [2.75, 3.05) is 20.3 Å². The molecule has 0 radical (unpaired) electrons. The summed E-state index contributed by atoms with van der Waals surface area (Å²) in [5, 5.41) is 2.72. The van der Waals surface area contributed by atoms with Gasteiger partial charge in [0.1, 0.15) is 24.2 Å². The van der Waals surface area contributed by atoms with Crippen LogP contribution >= 0.6 is 0 Å². The molecule has 224 valence electrons. The Kier molecular flexibility index (Phi) is 12.4. The van der Waals surface area contributed by atoms with Gasteiger partial charge in [0.25, 0.3) is 5.56 Å². The number of aromatic nitrogens is 2. The van der Waals surface area contributed by atoms with Crippen LogP contribution in [0.2, 0.25) is 0 Å². The molecule has 0 aliphatic heterocycles. The fourth-order valence-electron chi connectivity index (χ4n) is 4.32. The summed E-state index contributed by atoms with van der Waals surface area (Å²) in [4.78, 5) is 53.6. The fourth-order valence-corrected chi connectivity index (χ4v) is 4.32. The van der Waals surface area contributed by atoms with Crippen LogP contribution < -0.4 is 21.3 Å². The smallest absolute Gasteiger partial charge is 0.343 e. The molecular formula is C31H38N4O7. The summed E-state index contributed by atoms with van der Waals surface area (Å²) in [5.41, 5.74) is 7.32. The van der Waals surface area contributed by atoms with Crippen LogP contribution in [0.5, 0.6) is 5.75 Å². The molecule has 11 heteroatoms. The third kappa shape index (κ3) is 9.35. The van der Waals surface area contributed by atoms with Gasteiger partial charge >= 0.3 is 11.9 Å². The predicted molar refractivity (Wildman–Crippen MR) is 157 cm³/mol. The first kappa shape index (κ1) is 32.2. The molecule has 0 aliphatic carbocycles. The van der Waals surface area contributed by atoms with E-state index in [1.807, 2.05) is 37.3 Å². The van der Waals surface area contributed by atoms with E-state index in [0.717, 1.165) is 11.1 Å². The van der Waals surface area contributed by atoms with E-state index in [1.54, 1.807) is 35.8 Å². The van der Waals surface area contributed by atoms with Crippen LogP contribution in [-0.2, 0) is 43.2 Å². The van der Waals surface area contributed by atoms with E-state index in [0.29, 0.717) is 30.2 Å². The summed E-state index contributed by atoms with van der Waals surface area (Å²) in [6.45, 7) is 4.54. The molecule has 1 heterocycles. The van der Waals surface area contributed by atoms with Gasteiger partial charge in [-0.1, -0.05) is 49.4 Å². The van der Waals surface area contributed by atoms with Crippen LogP contribution in [0.1, 0.15) is 38.1 Å². The highest BCUT2D eigenvalue weighted by atomic mass is 16.6. The number of benzene rings is 2. The van der Waals surface area contributed by atoms with Gasteiger partial charge in [0.2, 0.25) is 5.91 Å². The normalized spacial score (nSPS) is 12.4. The van der Waals surface area contributed by atoms with Gasteiger partial charge in [0.15, 0.2) is 6.10 Å². The molecule has 0 saturated heterocycles. The maximum Gasteiger partial charge on any atom is 0.343 e. The van der Waals surface area contributed by atoms with Crippen LogP contribution in [0.3, 0.4) is 0 Å². The average Bonchev–Trinajstić information content (AvgIpc) is 2.98. The number of nitrogens with zero attached hydrogens (tertiary/aromatic N) is 2. The molecule has 2 atom stereocenters. The number of hydrogen-bond acceptors (Lipinski definition) is 9. The van der Waals surface area contributed by atoms with Gasteiger partial charge in [-0.05, 0) is 38.1 Å². The number of esters is 2. The van der Waals surface area contributed by atoms with Gasteiger partial charge in [-0.3, -0.25) is 14.2 Å². The molecule has 0 bridgehead atoms. The first-order valence-electron chi connectivity index (χ1n) is 14.0. The number of hydrogen-bond donors (Lipinski definition) is 2. The van der Waals surface area contributed by atoms with E-state index in [9.17, 15) is 19.2 Å². The Bertz CT molecular complexity index is 1390. The maximum atomic E-state index is 12.8. The topological polar surface area (TPSA) is 152 Å². The molecule has 3 N–H and O–H groups in total. The van der Waals surface area contributed by atoms with Crippen molar-refractivity contribution < 1.29 is 28.6 Å². The lowest BCUT2D eigenvalue weighted by Crippen LogP contribution is -2.40. The Hall–Kier alpha value is -4.35. The van der Waals surface area contributed by atoms with E-state index < -0.39 is 30.0 Å². The number of carbonyl (C=O) groups is 3. The van der Waals surface area contributed by atoms with Crippen molar-refractivity contribution in [2.24, 2.45) is 5.73 Å². The number of ether oxygens (including phenoxy) is 3. The molecule has 0 fully saturated rings. The average molecular weight is 579 g/mol. The van der Waals surface area contributed by atoms with Crippen LogP contribution in [0.25, 0.3) is 11.3 Å². The maximum absolute atomic E-state index is 12.8. The van der Waals surface area contributed by atoms with Gasteiger partial charge in [0, 0.05) is 37.5 Å². The number of rotatable bonds is 16. The van der Waals surface area contributed by atoms with Crippen molar-refractivity contribution >= 4 is 17.8 Å². The Morgan fingerprint density at radius 1 is 1.02 bits per heavy atom. The number of amides is 1. The minimum atomic E-state index is -0.995. The highest BCUT2D eigenvalue weighted by molar-refractivity contribution is 5.90. The summed E-state index contributed by atoms with van der Waals surface area (Å²) >= 11 is 0. The van der Waals surface area contributed by atoms with Crippen LogP contribution in [0, 0.1) is 0 Å². The van der Waals surface area contributed by atoms with Crippen molar-refractivity contribution in [2.45, 2.75) is 58.2 Å². The number of nitrogens with one attached hydrogen (secondary N) is 1. The lowest BCUT2D eigenvalue weighted by molar-refractivity contribution is -0.169. The summed E-state index contributed by atoms with van der Waals surface area (Å²) < 4.78 is 18.1. The molecule has 1 aromatic heterocycles. The SMILES string of the molecule is CCOC(Cc1ccc(OCCn2c(CC)nc(-c3ccccc3)cc2=O)cc1)C(=O)OC(=O)[C@H](CCC(N)=O)NC. The zero-order chi connectivity index (χ0) is 30.5. The van der Waals surface area contributed by atoms with Gasteiger partial charge in [0.05, 0.1) is 12.2 Å². The van der Waals surface area contributed by atoms with Crippen molar-refractivity contribution in [3.63, 3.8) is 0 Å². The summed E-state index contributed by atoms with van der Waals surface area (Å²) in [6.07, 6.45) is -0.123. The number of carbonyl (C=O) groups excluding carboxylic acids is 3. The second-order valence-corrected chi connectivity index (χ2v) is 9.49. The van der Waals surface area contributed by atoms with E-state index in [-0.39, 0.29) is 38.0 Å². The Labute approximate surface area is 245 Å². The van der Waals surface area contributed by atoms with Crippen LogP contribution in [0.4, 0.5) is 0 Å². The third-order valence-electron chi connectivity index (χ3n) is 6.55. The lowest BCUT2D eigenvalue weighted by Gasteiger charge is -2.18. The number of nitrogens with two attached hydrogens (primary N) is 1. The summed E-state index contributed by atoms with van der Waals surface area (Å²) in [5.74, 6) is -0.890. The first-order chi connectivity index (χ1) is 20.2. The van der Waals surface area contributed by atoms with E-state index >= 15 is 0 Å². The molecule has 3 rings (SSSR count). The molecule has 0 saturated carbocycles. The highest BCUT2D eigenvalue weighted by Gasteiger charge is 2.27. The van der Waals surface area contributed by atoms with Crippen molar-refractivity contribution in [3.8, 4) is 17.0 Å². The molecule has 1 unspecified atom stereocenters. The van der Waals surface area contributed by atoms with Crippen molar-refractivity contribution in [1.29, 1.82) is 0 Å². The van der Waals surface area contributed by atoms with Gasteiger partial charge in [-0.25, -0.2) is 14.6 Å². The number of primary amides is 1. The van der Waals surface area contributed by atoms with E-state index in [4.69, 9.17) is 19.9 Å². The molecule has 2 aromatic carbocycles. The molecule has 42 heavy (non-hydrogen) atoms. The summed E-state index contributed by atoms with van der Waals surface area (Å²) in [6, 6.07) is 17.4. The molecule has 1 amide bonds. The highest BCUT2D eigenvalue weighted by Crippen LogP contribution is 2.17. The Balaban J connectivity index is 1.57.